The maximum Gasteiger partial charge on any atom is 0.253 e. The first-order valence-electron chi connectivity index (χ1n) is 11.4. The molecule has 0 spiro atoms. The minimum absolute atomic E-state index is 0.00896. The molecule has 6 nitrogen and oxygen atoms in total. The number of carbonyl (C=O) groups is 2. The number of rotatable bonds is 9. The number of nitrogens with one attached hydrogen (secondary N) is 3. The maximum absolute atomic E-state index is 12.9. The summed E-state index contributed by atoms with van der Waals surface area (Å²) in [6.07, 6.45) is 2.99. The molecule has 2 atom stereocenters. The highest BCUT2D eigenvalue weighted by Crippen LogP contribution is 2.24. The third-order valence-corrected chi connectivity index (χ3v) is 6.28. The Bertz CT molecular complexity index is 1110. The van der Waals surface area contributed by atoms with Gasteiger partial charge in [-0.15, -0.1) is 0 Å². The predicted molar refractivity (Wildman–Crippen MR) is 137 cm³/mol. The quantitative estimate of drug-likeness (QED) is 0.354. The van der Waals surface area contributed by atoms with Crippen molar-refractivity contribution in [3.8, 4) is 0 Å². The van der Waals surface area contributed by atoms with Crippen molar-refractivity contribution in [2.45, 2.75) is 31.5 Å². The summed E-state index contributed by atoms with van der Waals surface area (Å²) in [6.45, 7) is 0.654. The monoisotopic (exact) mass is 521 g/mol. The maximum atomic E-state index is 12.9. The Hall–Kier alpha value is -3.16. The first kappa shape index (κ1) is 24.0. The fourth-order valence-electron chi connectivity index (χ4n) is 4.03. The lowest BCUT2D eigenvalue weighted by atomic mass is 10.1. The highest BCUT2D eigenvalue weighted by atomic mass is 79.9. The smallest absolute Gasteiger partial charge is 0.253 e. The van der Waals surface area contributed by atoms with Gasteiger partial charge in [0.05, 0.1) is 24.4 Å². The van der Waals surface area contributed by atoms with Crippen LogP contribution in [0, 0.1) is 0 Å². The van der Waals surface area contributed by atoms with E-state index >= 15 is 0 Å². The summed E-state index contributed by atoms with van der Waals surface area (Å²) in [5.74, 6) is -0.364. The number of benzene rings is 3. The Morgan fingerprint density at radius 2 is 1.56 bits per heavy atom. The summed E-state index contributed by atoms with van der Waals surface area (Å²) >= 11 is 3.45. The molecule has 34 heavy (non-hydrogen) atoms. The molecule has 0 bridgehead atoms. The molecule has 3 aromatic carbocycles. The third kappa shape index (κ3) is 6.68. The zero-order valence-electron chi connectivity index (χ0n) is 18.8. The topological polar surface area (TPSA) is 79.5 Å². The van der Waals surface area contributed by atoms with E-state index in [1.54, 1.807) is 18.2 Å². The molecule has 7 heteroatoms. The zero-order valence-corrected chi connectivity index (χ0v) is 20.4. The van der Waals surface area contributed by atoms with Crippen LogP contribution in [0.2, 0.25) is 0 Å². The van der Waals surface area contributed by atoms with Crippen LogP contribution in [0.4, 0.5) is 5.69 Å². The summed E-state index contributed by atoms with van der Waals surface area (Å²) in [5.41, 5.74) is 2.99. The highest BCUT2D eigenvalue weighted by Gasteiger charge is 2.26. The van der Waals surface area contributed by atoms with Gasteiger partial charge in [-0.25, -0.2) is 0 Å². The van der Waals surface area contributed by atoms with Crippen molar-refractivity contribution in [1.82, 2.24) is 10.6 Å². The molecule has 1 heterocycles. The van der Waals surface area contributed by atoms with E-state index in [1.807, 2.05) is 48.5 Å². The summed E-state index contributed by atoms with van der Waals surface area (Å²) < 4.78 is 6.99. The van der Waals surface area contributed by atoms with E-state index in [1.165, 1.54) is 5.56 Å². The van der Waals surface area contributed by atoms with Gasteiger partial charge >= 0.3 is 0 Å². The fraction of sp³-hybridized carbons (Fsp3) is 0.259. The predicted octanol–water partition coefficient (Wildman–Crippen LogP) is 4.77. The van der Waals surface area contributed by atoms with E-state index in [-0.39, 0.29) is 30.7 Å². The van der Waals surface area contributed by atoms with E-state index in [0.29, 0.717) is 23.4 Å². The SMILES string of the molecule is O=C(NCNc1cc(Br)ccc1C(=O)NCC1CCC(Cc2ccccc2)O1)c1ccccc1. The molecule has 2 amide bonds. The van der Waals surface area contributed by atoms with Crippen LogP contribution in [0.25, 0.3) is 0 Å². The molecule has 0 aliphatic carbocycles. The van der Waals surface area contributed by atoms with Gasteiger partial charge in [0.25, 0.3) is 11.8 Å². The molecule has 176 valence electrons. The van der Waals surface area contributed by atoms with Crippen molar-refractivity contribution in [1.29, 1.82) is 0 Å². The van der Waals surface area contributed by atoms with Crippen LogP contribution in [0.15, 0.2) is 83.3 Å². The highest BCUT2D eigenvalue weighted by molar-refractivity contribution is 9.10. The van der Waals surface area contributed by atoms with Crippen molar-refractivity contribution in [3.05, 3.63) is 100 Å². The van der Waals surface area contributed by atoms with Crippen molar-refractivity contribution in [2.75, 3.05) is 18.5 Å². The average Bonchev–Trinajstić information content (AvgIpc) is 3.31. The Balaban J connectivity index is 1.28. The molecular weight excluding hydrogens is 494 g/mol. The van der Waals surface area contributed by atoms with E-state index in [4.69, 9.17) is 4.74 Å². The van der Waals surface area contributed by atoms with Gasteiger partial charge < -0.3 is 20.7 Å². The normalized spacial score (nSPS) is 17.2. The number of halogens is 1. The van der Waals surface area contributed by atoms with Gasteiger partial charge in [0.15, 0.2) is 0 Å². The van der Waals surface area contributed by atoms with Crippen LogP contribution < -0.4 is 16.0 Å². The molecule has 0 radical (unpaired) electrons. The number of amides is 2. The van der Waals surface area contributed by atoms with Crippen LogP contribution in [-0.4, -0.2) is 37.2 Å². The molecule has 1 aliphatic heterocycles. The first-order chi connectivity index (χ1) is 16.6. The van der Waals surface area contributed by atoms with Crippen molar-refractivity contribution >= 4 is 33.4 Å². The first-order valence-corrected chi connectivity index (χ1v) is 12.2. The number of anilines is 1. The van der Waals surface area contributed by atoms with Crippen LogP contribution in [0.5, 0.6) is 0 Å². The molecular formula is C27H28BrN3O3. The molecule has 0 saturated carbocycles. The van der Waals surface area contributed by atoms with Crippen LogP contribution in [0.1, 0.15) is 39.1 Å². The van der Waals surface area contributed by atoms with Crippen molar-refractivity contribution < 1.29 is 14.3 Å². The standard InChI is InChI=1S/C27H28BrN3O3/c28-21-11-14-24(25(16-21)30-18-31-26(32)20-9-5-2-6-10-20)27(33)29-17-23-13-12-22(34-23)15-19-7-3-1-4-8-19/h1-11,14,16,22-23,30H,12-13,15,17-18H2,(H,29,33)(H,31,32). The van der Waals surface area contributed by atoms with Crippen LogP contribution >= 0.6 is 15.9 Å². The van der Waals surface area contributed by atoms with Gasteiger partial charge in [0.2, 0.25) is 0 Å². The third-order valence-electron chi connectivity index (χ3n) is 5.78. The van der Waals surface area contributed by atoms with E-state index < -0.39 is 0 Å². The second-order valence-electron chi connectivity index (χ2n) is 8.27. The fourth-order valence-corrected chi connectivity index (χ4v) is 4.39. The second-order valence-corrected chi connectivity index (χ2v) is 9.19. The second kappa shape index (κ2) is 11.8. The van der Waals surface area contributed by atoms with Gasteiger partial charge in [0.1, 0.15) is 0 Å². The van der Waals surface area contributed by atoms with E-state index in [0.717, 1.165) is 23.7 Å². The van der Waals surface area contributed by atoms with E-state index in [2.05, 4.69) is 44.0 Å². The number of hydrogen-bond acceptors (Lipinski definition) is 4. The van der Waals surface area contributed by atoms with Crippen molar-refractivity contribution in [2.24, 2.45) is 0 Å². The molecule has 1 aliphatic rings. The van der Waals surface area contributed by atoms with Gasteiger partial charge in [-0.1, -0.05) is 64.5 Å². The van der Waals surface area contributed by atoms with Gasteiger partial charge in [0, 0.05) is 22.3 Å². The van der Waals surface area contributed by atoms with Gasteiger partial charge in [-0.3, -0.25) is 9.59 Å². The Morgan fingerprint density at radius 3 is 2.32 bits per heavy atom. The number of ether oxygens (including phenoxy) is 1. The Labute approximate surface area is 208 Å². The van der Waals surface area contributed by atoms with Crippen molar-refractivity contribution in [3.63, 3.8) is 0 Å². The summed E-state index contributed by atoms with van der Waals surface area (Å²) in [4.78, 5) is 25.2. The largest absolute Gasteiger partial charge is 0.373 e. The van der Waals surface area contributed by atoms with Crippen LogP contribution in [0.3, 0.4) is 0 Å². The van der Waals surface area contributed by atoms with Crippen LogP contribution in [-0.2, 0) is 11.2 Å². The lowest BCUT2D eigenvalue weighted by molar-refractivity contribution is 0.0445. The minimum atomic E-state index is -0.183. The lowest BCUT2D eigenvalue weighted by Gasteiger charge is -2.16. The molecule has 1 fully saturated rings. The number of carbonyl (C=O) groups excluding carboxylic acids is 2. The number of hydrogen-bond donors (Lipinski definition) is 3. The zero-order chi connectivity index (χ0) is 23.8. The summed E-state index contributed by atoms with van der Waals surface area (Å²) in [6, 6.07) is 24.7. The summed E-state index contributed by atoms with van der Waals surface area (Å²) in [7, 11) is 0. The minimum Gasteiger partial charge on any atom is -0.373 e. The molecule has 3 N–H and O–H groups in total. The summed E-state index contributed by atoms with van der Waals surface area (Å²) in [5, 5.41) is 8.97. The molecule has 2 unspecified atom stereocenters. The molecule has 0 aromatic heterocycles. The molecule has 3 aromatic rings. The van der Waals surface area contributed by atoms with E-state index in [9.17, 15) is 9.59 Å². The molecule has 1 saturated heterocycles. The Morgan fingerprint density at radius 1 is 0.853 bits per heavy atom. The molecule has 4 rings (SSSR count). The Kier molecular flexibility index (Phi) is 8.33. The lowest BCUT2D eigenvalue weighted by Crippen LogP contribution is -2.33. The average molecular weight is 522 g/mol. The van der Waals surface area contributed by atoms with Gasteiger partial charge in [-0.2, -0.15) is 0 Å². The van der Waals surface area contributed by atoms with Gasteiger partial charge in [-0.05, 0) is 55.2 Å².